The number of imidazole rings is 1. The van der Waals surface area contributed by atoms with Gasteiger partial charge in [0, 0.05) is 6.20 Å². The summed E-state index contributed by atoms with van der Waals surface area (Å²) in [4.78, 5) is 4.65. The summed E-state index contributed by atoms with van der Waals surface area (Å²) in [6.45, 7) is 2.48. The minimum Gasteiger partial charge on any atom is -0.485 e. The van der Waals surface area contributed by atoms with Gasteiger partial charge in [-0.05, 0) is 35.4 Å². The molecule has 0 fully saturated rings. The van der Waals surface area contributed by atoms with E-state index in [1.807, 2.05) is 35.7 Å². The highest BCUT2D eigenvalue weighted by atomic mass is 16.5. The number of terminal acetylenes is 1. The van der Waals surface area contributed by atoms with Crippen LogP contribution < -0.4 is 4.74 Å². The Kier molecular flexibility index (Phi) is 3.87. The summed E-state index contributed by atoms with van der Waals surface area (Å²) in [6, 6.07) is 18.5. The standard InChI is InChI=1S/C22H18N2O/c1-3-8-20-16(2)23-22-21(13-7-14-24(20)22)25-15-18-11-6-10-17-9-4-5-12-19(17)18/h1,4-7,9-14H,8,15H2,2H3. The first-order valence-corrected chi connectivity index (χ1v) is 8.27. The van der Waals surface area contributed by atoms with Gasteiger partial charge < -0.3 is 4.74 Å². The van der Waals surface area contributed by atoms with Crippen molar-refractivity contribution in [2.24, 2.45) is 0 Å². The van der Waals surface area contributed by atoms with Gasteiger partial charge in [0.1, 0.15) is 6.61 Å². The van der Waals surface area contributed by atoms with Gasteiger partial charge in [-0.2, -0.15) is 0 Å². The topological polar surface area (TPSA) is 26.5 Å². The van der Waals surface area contributed by atoms with Gasteiger partial charge >= 0.3 is 0 Å². The molecule has 0 spiro atoms. The van der Waals surface area contributed by atoms with E-state index in [2.05, 4.69) is 47.3 Å². The Morgan fingerprint density at radius 1 is 1.08 bits per heavy atom. The number of aryl methyl sites for hydroxylation is 1. The van der Waals surface area contributed by atoms with E-state index in [0.29, 0.717) is 13.0 Å². The van der Waals surface area contributed by atoms with Gasteiger partial charge in [0.25, 0.3) is 0 Å². The van der Waals surface area contributed by atoms with E-state index < -0.39 is 0 Å². The molecule has 3 heteroatoms. The Morgan fingerprint density at radius 3 is 2.80 bits per heavy atom. The monoisotopic (exact) mass is 326 g/mol. The lowest BCUT2D eigenvalue weighted by Gasteiger charge is -2.10. The third kappa shape index (κ3) is 2.72. The average Bonchev–Trinajstić information content (AvgIpc) is 2.96. The predicted octanol–water partition coefficient (Wildman–Crippen LogP) is 4.55. The first kappa shape index (κ1) is 15.3. The van der Waals surface area contributed by atoms with Crippen LogP contribution in [0.3, 0.4) is 0 Å². The van der Waals surface area contributed by atoms with E-state index >= 15 is 0 Å². The fraction of sp³-hybridized carbons (Fsp3) is 0.136. The molecule has 3 nitrogen and oxygen atoms in total. The number of ether oxygens (including phenoxy) is 1. The van der Waals surface area contributed by atoms with Crippen molar-refractivity contribution in [1.82, 2.24) is 9.38 Å². The minimum absolute atomic E-state index is 0.497. The van der Waals surface area contributed by atoms with Crippen molar-refractivity contribution in [2.45, 2.75) is 20.0 Å². The molecular weight excluding hydrogens is 308 g/mol. The second-order valence-electron chi connectivity index (χ2n) is 6.02. The third-order valence-corrected chi connectivity index (χ3v) is 4.45. The van der Waals surface area contributed by atoms with Crippen LogP contribution in [-0.2, 0) is 13.0 Å². The van der Waals surface area contributed by atoms with Crippen LogP contribution in [0, 0.1) is 19.3 Å². The zero-order valence-corrected chi connectivity index (χ0v) is 14.1. The number of hydrogen-bond acceptors (Lipinski definition) is 2. The Bertz CT molecular complexity index is 1100. The van der Waals surface area contributed by atoms with Crippen molar-refractivity contribution in [3.05, 3.63) is 77.7 Å². The number of benzene rings is 2. The van der Waals surface area contributed by atoms with Crippen molar-refractivity contribution in [3.8, 4) is 18.1 Å². The third-order valence-electron chi connectivity index (χ3n) is 4.45. The normalized spacial score (nSPS) is 10.9. The fourth-order valence-electron chi connectivity index (χ4n) is 3.20. The number of nitrogens with zero attached hydrogens (tertiary/aromatic N) is 2. The van der Waals surface area contributed by atoms with E-state index in [9.17, 15) is 0 Å². The zero-order valence-electron chi connectivity index (χ0n) is 14.1. The highest BCUT2D eigenvalue weighted by Crippen LogP contribution is 2.25. The van der Waals surface area contributed by atoms with Gasteiger partial charge in [0.05, 0.1) is 17.8 Å². The summed E-state index contributed by atoms with van der Waals surface area (Å²) in [5, 5.41) is 2.43. The largest absolute Gasteiger partial charge is 0.485 e. The molecule has 0 saturated carbocycles. The second-order valence-corrected chi connectivity index (χ2v) is 6.02. The van der Waals surface area contributed by atoms with Crippen LogP contribution in [0.25, 0.3) is 16.4 Å². The molecule has 0 unspecified atom stereocenters. The van der Waals surface area contributed by atoms with Crippen LogP contribution in [-0.4, -0.2) is 9.38 Å². The Hall–Kier alpha value is -3.25. The van der Waals surface area contributed by atoms with Crippen LogP contribution in [0.5, 0.6) is 5.75 Å². The fourth-order valence-corrected chi connectivity index (χ4v) is 3.20. The molecule has 122 valence electrons. The summed E-state index contributed by atoms with van der Waals surface area (Å²) in [6.07, 6.45) is 8.02. The molecule has 0 saturated heterocycles. The molecule has 4 aromatic rings. The van der Waals surface area contributed by atoms with Crippen LogP contribution >= 0.6 is 0 Å². The molecule has 0 aliphatic rings. The van der Waals surface area contributed by atoms with Gasteiger partial charge in [-0.15, -0.1) is 12.3 Å². The molecule has 0 bridgehead atoms. The SMILES string of the molecule is C#CCc1c(C)nc2c(OCc3cccc4ccccc34)cccn12. The second kappa shape index (κ2) is 6.33. The maximum atomic E-state index is 6.12. The van der Waals surface area contributed by atoms with E-state index in [4.69, 9.17) is 11.2 Å². The molecule has 0 aliphatic heterocycles. The molecule has 4 rings (SSSR count). The molecule has 0 atom stereocenters. The first-order chi connectivity index (χ1) is 12.3. The Labute approximate surface area is 146 Å². The Morgan fingerprint density at radius 2 is 1.92 bits per heavy atom. The summed E-state index contributed by atoms with van der Waals surface area (Å²) >= 11 is 0. The number of fused-ring (bicyclic) bond motifs is 2. The molecule has 2 aromatic carbocycles. The van der Waals surface area contributed by atoms with E-state index in [1.54, 1.807) is 0 Å². The molecule has 0 amide bonds. The molecule has 0 aliphatic carbocycles. The number of pyridine rings is 1. The molecule has 0 N–H and O–H groups in total. The van der Waals surface area contributed by atoms with Crippen LogP contribution in [0.15, 0.2) is 60.8 Å². The maximum Gasteiger partial charge on any atom is 0.180 e. The van der Waals surface area contributed by atoms with Crippen LogP contribution in [0.2, 0.25) is 0 Å². The van der Waals surface area contributed by atoms with Gasteiger partial charge in [-0.1, -0.05) is 42.5 Å². The predicted molar refractivity (Wildman–Crippen MR) is 101 cm³/mol. The lowest BCUT2D eigenvalue weighted by Crippen LogP contribution is -1.99. The van der Waals surface area contributed by atoms with Crippen molar-refractivity contribution < 1.29 is 4.74 Å². The first-order valence-electron chi connectivity index (χ1n) is 8.27. The van der Waals surface area contributed by atoms with E-state index in [-0.39, 0.29) is 0 Å². The molecule has 0 radical (unpaired) electrons. The minimum atomic E-state index is 0.497. The number of hydrogen-bond donors (Lipinski definition) is 0. The Balaban J connectivity index is 1.69. The molecule has 2 aromatic heterocycles. The van der Waals surface area contributed by atoms with Crippen molar-refractivity contribution in [2.75, 3.05) is 0 Å². The van der Waals surface area contributed by atoms with Crippen LogP contribution in [0.4, 0.5) is 0 Å². The molecular formula is C22H18N2O. The van der Waals surface area contributed by atoms with E-state index in [1.165, 1.54) is 10.8 Å². The average molecular weight is 326 g/mol. The summed E-state index contributed by atoms with van der Waals surface area (Å²) in [5.74, 6) is 3.46. The van der Waals surface area contributed by atoms with Crippen LogP contribution in [0.1, 0.15) is 17.0 Å². The number of aromatic nitrogens is 2. The van der Waals surface area contributed by atoms with Crippen molar-refractivity contribution in [3.63, 3.8) is 0 Å². The lowest BCUT2D eigenvalue weighted by atomic mass is 10.1. The van der Waals surface area contributed by atoms with Crippen molar-refractivity contribution >= 4 is 16.4 Å². The molecule has 2 heterocycles. The highest BCUT2D eigenvalue weighted by molar-refractivity contribution is 5.85. The van der Waals surface area contributed by atoms with E-state index in [0.717, 1.165) is 28.3 Å². The van der Waals surface area contributed by atoms with Gasteiger partial charge in [0.2, 0.25) is 0 Å². The van der Waals surface area contributed by atoms with Crippen molar-refractivity contribution in [1.29, 1.82) is 0 Å². The number of rotatable bonds is 4. The maximum absolute atomic E-state index is 6.12. The van der Waals surface area contributed by atoms with Gasteiger partial charge in [-0.25, -0.2) is 4.98 Å². The summed E-state index contributed by atoms with van der Waals surface area (Å²) in [7, 11) is 0. The summed E-state index contributed by atoms with van der Waals surface area (Å²) < 4.78 is 8.15. The van der Waals surface area contributed by atoms with Gasteiger partial charge in [0.15, 0.2) is 11.4 Å². The lowest BCUT2D eigenvalue weighted by molar-refractivity contribution is 0.309. The van der Waals surface area contributed by atoms with Gasteiger partial charge in [-0.3, -0.25) is 4.40 Å². The molecule has 25 heavy (non-hydrogen) atoms. The summed E-state index contributed by atoms with van der Waals surface area (Å²) in [5.41, 5.74) is 3.95. The quantitative estimate of drug-likeness (QED) is 0.514. The smallest absolute Gasteiger partial charge is 0.180 e. The zero-order chi connectivity index (χ0) is 17.2. The highest BCUT2D eigenvalue weighted by Gasteiger charge is 2.12.